The summed E-state index contributed by atoms with van der Waals surface area (Å²) in [6.45, 7) is 0. The first-order valence-corrected chi connectivity index (χ1v) is 12.6. The summed E-state index contributed by atoms with van der Waals surface area (Å²) in [4.78, 5) is 16.2. The number of rotatable bonds is 6. The average molecular weight is 501 g/mol. The molecule has 2 aromatic carbocycles. The molecule has 30 heavy (non-hydrogen) atoms. The Labute approximate surface area is 195 Å². The molecule has 0 heterocycles. The van der Waals surface area contributed by atoms with Crippen LogP contribution in [0, 0.1) is 0 Å². The van der Waals surface area contributed by atoms with Crippen molar-refractivity contribution in [1.82, 2.24) is 20.3 Å². The normalized spacial score (nSPS) is 10.9. The lowest BCUT2D eigenvalue weighted by atomic mass is 10.4. The van der Waals surface area contributed by atoms with E-state index in [1.54, 1.807) is 7.05 Å². The first-order chi connectivity index (χ1) is 14.2. The van der Waals surface area contributed by atoms with Crippen LogP contribution in [0.5, 0.6) is 0 Å². The third kappa shape index (κ3) is 8.58. The van der Waals surface area contributed by atoms with Gasteiger partial charge in [0.1, 0.15) is 5.75 Å². The zero-order valence-corrected chi connectivity index (χ0v) is 20.2. The first kappa shape index (κ1) is 24.6. The molecule has 0 bridgehead atoms. The smallest absolute Gasteiger partial charge is 0.255 e. The number of sulfonamides is 1. The maximum absolute atomic E-state index is 12.3. The summed E-state index contributed by atoms with van der Waals surface area (Å²) in [5.41, 5.74) is 2.45. The van der Waals surface area contributed by atoms with Gasteiger partial charge >= 0.3 is 0 Å². The largest absolute Gasteiger partial charge is 0.282 e. The van der Waals surface area contributed by atoms with Gasteiger partial charge in [0.2, 0.25) is 10.0 Å². The van der Waals surface area contributed by atoms with E-state index in [0.29, 0.717) is 8.64 Å². The van der Waals surface area contributed by atoms with Crippen LogP contribution >= 0.6 is 48.0 Å². The van der Waals surface area contributed by atoms with Crippen LogP contribution in [0.4, 0.5) is 0 Å². The number of hydrazine groups is 2. The zero-order chi connectivity index (χ0) is 22.1. The summed E-state index contributed by atoms with van der Waals surface area (Å²) >= 11 is 13.0. The molecule has 0 saturated carbocycles. The van der Waals surface area contributed by atoms with Crippen LogP contribution < -0.4 is 10.3 Å². The van der Waals surface area contributed by atoms with Crippen LogP contribution in [0.15, 0.2) is 70.5 Å². The summed E-state index contributed by atoms with van der Waals surface area (Å²) in [7, 11) is -0.934. The number of thioether (sulfide) groups is 2. The second-order valence-electron chi connectivity index (χ2n) is 5.87. The van der Waals surface area contributed by atoms with E-state index in [9.17, 15) is 13.2 Å². The summed E-state index contributed by atoms with van der Waals surface area (Å²) in [6, 6.07) is 18.7. The van der Waals surface area contributed by atoms with E-state index >= 15 is 0 Å². The molecule has 2 rings (SSSR count). The van der Waals surface area contributed by atoms with Gasteiger partial charge in [-0.1, -0.05) is 84.4 Å². The molecule has 2 N–H and O–H groups in total. The van der Waals surface area contributed by atoms with Crippen molar-refractivity contribution >= 4 is 72.5 Å². The van der Waals surface area contributed by atoms with Gasteiger partial charge in [-0.15, -0.1) is 4.83 Å². The van der Waals surface area contributed by atoms with E-state index in [0.717, 1.165) is 9.79 Å². The molecule has 7 nitrogen and oxygen atoms in total. The van der Waals surface area contributed by atoms with Gasteiger partial charge in [-0.2, -0.15) is 0 Å². The second-order valence-corrected chi connectivity index (χ2v) is 11.0. The molecular formula is C18H20N4O3S5. The van der Waals surface area contributed by atoms with Crippen molar-refractivity contribution in [1.29, 1.82) is 0 Å². The molecule has 0 aliphatic rings. The quantitative estimate of drug-likeness (QED) is 0.353. The Kier molecular flexibility index (Phi) is 9.52. The van der Waals surface area contributed by atoms with Crippen molar-refractivity contribution in [2.45, 2.75) is 9.79 Å². The molecule has 2 aromatic rings. The van der Waals surface area contributed by atoms with E-state index in [1.165, 1.54) is 40.6 Å². The molecule has 0 atom stereocenters. The number of thiocarbonyl (C=S) groups is 2. The minimum atomic E-state index is -3.96. The number of amides is 1. The van der Waals surface area contributed by atoms with Crippen LogP contribution in [-0.2, 0) is 14.8 Å². The van der Waals surface area contributed by atoms with Crippen molar-refractivity contribution in [3.05, 3.63) is 60.7 Å². The summed E-state index contributed by atoms with van der Waals surface area (Å²) in [6.07, 6.45) is 0. The number of benzene rings is 2. The third-order valence-corrected chi connectivity index (χ3v) is 7.49. The van der Waals surface area contributed by atoms with Crippen molar-refractivity contribution in [2.75, 3.05) is 19.8 Å². The number of hydrogen-bond donors (Lipinski definition) is 2. The fraction of sp³-hybridized carbons (Fsp3) is 0.167. The monoisotopic (exact) mass is 500 g/mol. The Balaban J connectivity index is 1.83. The maximum atomic E-state index is 12.3. The molecule has 0 aromatic heterocycles. The number of nitrogens with one attached hydrogen (secondary N) is 2. The average Bonchev–Trinajstić information content (AvgIpc) is 2.68. The fourth-order valence-electron chi connectivity index (χ4n) is 2.03. The Morgan fingerprint density at radius 3 is 1.77 bits per heavy atom. The highest BCUT2D eigenvalue weighted by molar-refractivity contribution is 8.23. The summed E-state index contributed by atoms with van der Waals surface area (Å²) in [5, 5.41) is 2.50. The predicted octanol–water partition coefficient (Wildman–Crippen LogP) is 2.87. The van der Waals surface area contributed by atoms with E-state index in [4.69, 9.17) is 24.4 Å². The van der Waals surface area contributed by atoms with Crippen molar-refractivity contribution in [3.63, 3.8) is 0 Å². The molecule has 160 valence electrons. The minimum Gasteiger partial charge on any atom is -0.282 e. The molecule has 0 radical (unpaired) electrons. The SMILES string of the molecule is CN(NC(=O)CS(=O)(=O)NN(C)C(=S)Sc1ccccc1)C(=S)Sc1ccccc1. The Hall–Kier alpha value is -1.70. The highest BCUT2D eigenvalue weighted by Gasteiger charge is 2.21. The Morgan fingerprint density at radius 2 is 1.30 bits per heavy atom. The highest BCUT2D eigenvalue weighted by atomic mass is 32.2. The van der Waals surface area contributed by atoms with Gasteiger partial charge in [0.25, 0.3) is 5.91 Å². The molecule has 0 aliphatic heterocycles. The molecule has 0 fully saturated rings. The number of carbonyl (C=O) groups is 1. The Morgan fingerprint density at radius 1 is 0.867 bits per heavy atom. The third-order valence-electron chi connectivity index (χ3n) is 3.33. The van der Waals surface area contributed by atoms with Crippen molar-refractivity contribution in [2.24, 2.45) is 0 Å². The van der Waals surface area contributed by atoms with Crippen LogP contribution in [0.3, 0.4) is 0 Å². The van der Waals surface area contributed by atoms with Gasteiger partial charge in [0.15, 0.2) is 8.64 Å². The van der Waals surface area contributed by atoms with Crippen LogP contribution in [0.2, 0.25) is 0 Å². The molecule has 0 spiro atoms. The lowest BCUT2D eigenvalue weighted by Gasteiger charge is -2.22. The summed E-state index contributed by atoms with van der Waals surface area (Å²) < 4.78 is 25.3. The molecule has 0 unspecified atom stereocenters. The van der Waals surface area contributed by atoms with Crippen LogP contribution in [-0.4, -0.2) is 52.8 Å². The molecular weight excluding hydrogens is 481 g/mol. The van der Waals surface area contributed by atoms with Crippen molar-refractivity contribution < 1.29 is 13.2 Å². The van der Waals surface area contributed by atoms with E-state index in [1.807, 2.05) is 60.7 Å². The number of hydrogen-bond acceptors (Lipinski definition) is 7. The van der Waals surface area contributed by atoms with Crippen LogP contribution in [0.25, 0.3) is 0 Å². The summed E-state index contributed by atoms with van der Waals surface area (Å²) in [5.74, 6) is -1.50. The van der Waals surface area contributed by atoms with Crippen molar-refractivity contribution in [3.8, 4) is 0 Å². The molecule has 12 heteroatoms. The zero-order valence-electron chi connectivity index (χ0n) is 16.1. The predicted molar refractivity (Wildman–Crippen MR) is 130 cm³/mol. The first-order valence-electron chi connectivity index (χ1n) is 8.47. The lowest BCUT2D eigenvalue weighted by Crippen LogP contribution is -2.48. The van der Waals surface area contributed by atoms with Gasteiger partial charge in [0, 0.05) is 23.9 Å². The fourth-order valence-corrected chi connectivity index (χ4v) is 5.15. The molecule has 0 saturated heterocycles. The van der Waals surface area contributed by atoms with Crippen LogP contribution in [0.1, 0.15) is 0 Å². The lowest BCUT2D eigenvalue weighted by molar-refractivity contribution is -0.121. The van der Waals surface area contributed by atoms with E-state index in [-0.39, 0.29) is 0 Å². The van der Waals surface area contributed by atoms with Gasteiger partial charge in [-0.3, -0.25) is 20.2 Å². The number of nitrogens with zero attached hydrogens (tertiary/aromatic N) is 2. The minimum absolute atomic E-state index is 0.294. The van der Waals surface area contributed by atoms with Gasteiger partial charge in [-0.25, -0.2) is 8.42 Å². The van der Waals surface area contributed by atoms with E-state index in [2.05, 4.69) is 10.3 Å². The van der Waals surface area contributed by atoms with E-state index < -0.39 is 21.7 Å². The maximum Gasteiger partial charge on any atom is 0.255 e. The Bertz CT molecular complexity index is 987. The molecule has 0 aliphatic carbocycles. The second kappa shape index (κ2) is 11.6. The van der Waals surface area contributed by atoms with Gasteiger partial charge in [-0.05, 0) is 24.3 Å². The molecule has 1 amide bonds. The highest BCUT2D eigenvalue weighted by Crippen LogP contribution is 2.21. The number of carbonyl (C=O) groups excluding carboxylic acids is 1. The van der Waals surface area contributed by atoms with Gasteiger partial charge in [0.05, 0.1) is 0 Å². The van der Waals surface area contributed by atoms with Gasteiger partial charge < -0.3 is 0 Å². The topological polar surface area (TPSA) is 81.8 Å². The standard InChI is InChI=1S/C18H20N4O3S5/c1-21(17(26)28-14-9-5-3-6-10-14)19-16(23)13-30(24,25)20-22(2)18(27)29-15-11-7-4-8-12-15/h3-12,20H,13H2,1-2H3,(H,19,23).